The molecule has 2 aromatic heterocycles. The molecule has 12 heteroatoms. The molecule has 4 rings (SSSR count). The highest BCUT2D eigenvalue weighted by atomic mass is 19.4. The number of halogens is 3. The number of hydrogen-bond acceptors (Lipinski definition) is 7. The van der Waals surface area contributed by atoms with Crippen LogP contribution in [0.5, 0.6) is 11.6 Å². The molecule has 3 heterocycles. The van der Waals surface area contributed by atoms with Gasteiger partial charge in [0.25, 0.3) is 5.91 Å². The minimum absolute atomic E-state index is 0.122. The Balaban J connectivity index is 1.60. The third kappa shape index (κ3) is 5.37. The van der Waals surface area contributed by atoms with Crippen molar-refractivity contribution in [2.24, 2.45) is 0 Å². The number of benzene rings is 1. The molecular formula is C23H25F3N6O3. The van der Waals surface area contributed by atoms with Crippen LogP contribution in [0.1, 0.15) is 40.5 Å². The number of aromatic nitrogens is 4. The zero-order chi connectivity index (χ0) is 25.0. The lowest BCUT2D eigenvalue weighted by molar-refractivity contribution is -0.143. The van der Waals surface area contributed by atoms with Crippen LogP contribution in [0, 0.1) is 0 Å². The molecule has 0 radical (unpaired) electrons. The Labute approximate surface area is 199 Å². The molecule has 186 valence electrons. The van der Waals surface area contributed by atoms with Gasteiger partial charge in [-0.1, -0.05) is 12.1 Å². The van der Waals surface area contributed by atoms with E-state index in [1.807, 2.05) is 24.3 Å². The van der Waals surface area contributed by atoms with Crippen LogP contribution in [0.2, 0.25) is 0 Å². The third-order valence-corrected chi connectivity index (χ3v) is 5.85. The summed E-state index contributed by atoms with van der Waals surface area (Å²) in [6.45, 7) is 1.79. The molecule has 1 N–H and O–H groups in total. The van der Waals surface area contributed by atoms with Crippen molar-refractivity contribution in [2.45, 2.75) is 25.1 Å². The number of nitrogens with one attached hydrogen (secondary N) is 1. The number of amides is 1. The van der Waals surface area contributed by atoms with Crippen molar-refractivity contribution in [3.63, 3.8) is 0 Å². The Morgan fingerprint density at radius 1 is 1.11 bits per heavy atom. The Morgan fingerprint density at radius 2 is 1.89 bits per heavy atom. The summed E-state index contributed by atoms with van der Waals surface area (Å²) >= 11 is 0. The molecule has 1 aliphatic rings. The first-order valence-corrected chi connectivity index (χ1v) is 11.0. The van der Waals surface area contributed by atoms with Crippen LogP contribution in [0.3, 0.4) is 0 Å². The fraction of sp³-hybridized carbons (Fsp3) is 0.391. The summed E-state index contributed by atoms with van der Waals surface area (Å²) < 4.78 is 52.7. The first kappa shape index (κ1) is 24.5. The maximum Gasteiger partial charge on any atom is 0.434 e. The molecule has 1 amide bonds. The number of carbonyl (C=O) groups excluding carboxylic acids is 1. The number of ether oxygens (including phenoxy) is 2. The second-order valence-corrected chi connectivity index (χ2v) is 8.00. The smallest absolute Gasteiger partial charge is 0.434 e. The number of nitrogens with zero attached hydrogens (tertiary/aromatic N) is 5. The van der Waals surface area contributed by atoms with Crippen molar-refractivity contribution in [1.82, 2.24) is 30.2 Å². The molecule has 0 saturated carbocycles. The van der Waals surface area contributed by atoms with Gasteiger partial charge in [0, 0.05) is 12.6 Å². The van der Waals surface area contributed by atoms with E-state index in [0.717, 1.165) is 37.7 Å². The first-order valence-electron chi connectivity index (χ1n) is 11.0. The summed E-state index contributed by atoms with van der Waals surface area (Å²) in [5.74, 6) is -0.266. The van der Waals surface area contributed by atoms with E-state index in [2.05, 4.69) is 25.5 Å². The molecule has 1 fully saturated rings. The third-order valence-electron chi connectivity index (χ3n) is 5.85. The number of hydrogen-bond donors (Lipinski definition) is 1. The predicted octanol–water partition coefficient (Wildman–Crippen LogP) is 3.27. The van der Waals surface area contributed by atoms with E-state index in [-0.39, 0.29) is 24.3 Å². The molecule has 0 aliphatic carbocycles. The summed E-state index contributed by atoms with van der Waals surface area (Å²) in [7, 11) is 2.93. The topological polar surface area (TPSA) is 94.4 Å². The highest BCUT2D eigenvalue weighted by molar-refractivity contribution is 5.95. The highest BCUT2D eigenvalue weighted by Crippen LogP contribution is 2.34. The van der Waals surface area contributed by atoms with E-state index in [4.69, 9.17) is 9.47 Å². The maximum atomic E-state index is 14.0. The van der Waals surface area contributed by atoms with E-state index in [1.54, 1.807) is 7.11 Å². The lowest BCUT2D eigenvalue weighted by atomic mass is 10.0. The average Bonchev–Trinajstić information content (AvgIpc) is 3.55. The summed E-state index contributed by atoms with van der Waals surface area (Å²) in [5, 5.41) is 13.9. The fourth-order valence-corrected chi connectivity index (χ4v) is 4.14. The molecule has 0 bridgehead atoms. The van der Waals surface area contributed by atoms with Crippen LogP contribution in [0.25, 0.3) is 5.82 Å². The van der Waals surface area contributed by atoms with Gasteiger partial charge in [-0.25, -0.2) is 4.68 Å². The summed E-state index contributed by atoms with van der Waals surface area (Å²) in [6.07, 6.45) is -1.93. The Morgan fingerprint density at radius 3 is 2.51 bits per heavy atom. The molecule has 3 aromatic rings. The van der Waals surface area contributed by atoms with Crippen molar-refractivity contribution >= 4 is 5.91 Å². The van der Waals surface area contributed by atoms with Gasteiger partial charge in [-0.15, -0.1) is 10.2 Å². The largest absolute Gasteiger partial charge is 0.497 e. The zero-order valence-electron chi connectivity index (χ0n) is 19.2. The van der Waals surface area contributed by atoms with Crippen molar-refractivity contribution < 1.29 is 27.4 Å². The van der Waals surface area contributed by atoms with Gasteiger partial charge in [0.1, 0.15) is 5.75 Å². The Kier molecular flexibility index (Phi) is 7.20. The minimum Gasteiger partial charge on any atom is -0.497 e. The lowest BCUT2D eigenvalue weighted by Crippen LogP contribution is -2.37. The normalized spacial score (nSPS) is 15.1. The molecule has 0 spiro atoms. The predicted molar refractivity (Wildman–Crippen MR) is 120 cm³/mol. The lowest BCUT2D eigenvalue weighted by Gasteiger charge is -2.28. The minimum atomic E-state index is -4.86. The summed E-state index contributed by atoms with van der Waals surface area (Å²) in [4.78, 5) is 15.2. The molecular weight excluding hydrogens is 465 g/mol. The van der Waals surface area contributed by atoms with Gasteiger partial charge in [0.05, 0.1) is 32.0 Å². The molecule has 1 atom stereocenters. The van der Waals surface area contributed by atoms with Crippen LogP contribution in [0.15, 0.2) is 42.6 Å². The number of likely N-dealkylation sites (tertiary alicyclic amines) is 1. The Hall–Kier alpha value is -3.67. The standard InChI is InChI=1S/C23H25F3N6O3/c1-34-16-7-5-6-15(12-16)18(31-10-3-4-11-31)14-27-22(33)17-13-28-32(21(17)23(24,25)26)19-8-9-20(35-2)30-29-19/h5-9,12-13,18H,3-4,10-11,14H2,1-2H3,(H,27,33)/t18-/m0/s1. The van der Waals surface area contributed by atoms with E-state index in [0.29, 0.717) is 10.4 Å². The molecule has 35 heavy (non-hydrogen) atoms. The quantitative estimate of drug-likeness (QED) is 0.518. The molecule has 0 unspecified atom stereocenters. The summed E-state index contributed by atoms with van der Waals surface area (Å²) in [6, 6.07) is 9.88. The molecule has 1 aliphatic heterocycles. The Bertz CT molecular complexity index is 1160. The van der Waals surface area contributed by atoms with Crippen molar-refractivity contribution in [3.8, 4) is 17.4 Å². The first-order chi connectivity index (χ1) is 16.8. The van der Waals surface area contributed by atoms with E-state index in [1.165, 1.54) is 19.2 Å². The van der Waals surface area contributed by atoms with Crippen LogP contribution < -0.4 is 14.8 Å². The highest BCUT2D eigenvalue weighted by Gasteiger charge is 2.41. The molecule has 1 saturated heterocycles. The monoisotopic (exact) mass is 490 g/mol. The van der Waals surface area contributed by atoms with Crippen molar-refractivity contribution in [3.05, 3.63) is 59.4 Å². The van der Waals surface area contributed by atoms with Crippen molar-refractivity contribution in [2.75, 3.05) is 33.9 Å². The fourth-order valence-electron chi connectivity index (χ4n) is 4.14. The maximum absolute atomic E-state index is 14.0. The van der Waals surface area contributed by atoms with Crippen molar-refractivity contribution in [1.29, 1.82) is 0 Å². The number of carbonyl (C=O) groups is 1. The SMILES string of the molecule is COc1cccc([C@H](CNC(=O)c2cnn(-c3ccc(OC)nn3)c2C(F)(F)F)N2CCCC2)c1. The molecule has 9 nitrogen and oxygen atoms in total. The van der Waals surface area contributed by atoms with Gasteiger partial charge >= 0.3 is 6.18 Å². The van der Waals surface area contributed by atoms with Crippen LogP contribution in [0.4, 0.5) is 13.2 Å². The number of methoxy groups -OCH3 is 2. The average molecular weight is 490 g/mol. The van der Waals surface area contributed by atoms with E-state index >= 15 is 0 Å². The second kappa shape index (κ2) is 10.3. The van der Waals surface area contributed by atoms with Gasteiger partial charge in [-0.05, 0) is 49.7 Å². The van der Waals surface area contributed by atoms with E-state index < -0.39 is 23.3 Å². The van der Waals surface area contributed by atoms with Gasteiger partial charge < -0.3 is 14.8 Å². The second-order valence-electron chi connectivity index (χ2n) is 8.00. The van der Waals surface area contributed by atoms with Gasteiger partial charge in [-0.3, -0.25) is 9.69 Å². The molecule has 1 aromatic carbocycles. The van der Waals surface area contributed by atoms with Crippen LogP contribution in [-0.2, 0) is 6.18 Å². The van der Waals surface area contributed by atoms with Crippen LogP contribution >= 0.6 is 0 Å². The number of alkyl halides is 3. The summed E-state index contributed by atoms with van der Waals surface area (Å²) in [5.41, 5.74) is -0.915. The van der Waals surface area contributed by atoms with E-state index in [9.17, 15) is 18.0 Å². The van der Waals surface area contributed by atoms with Gasteiger partial charge in [0.15, 0.2) is 11.5 Å². The van der Waals surface area contributed by atoms with Gasteiger partial charge in [0.2, 0.25) is 5.88 Å². The number of rotatable bonds is 8. The van der Waals surface area contributed by atoms with Crippen LogP contribution in [-0.4, -0.2) is 64.6 Å². The zero-order valence-corrected chi connectivity index (χ0v) is 19.2. The van der Waals surface area contributed by atoms with Gasteiger partial charge in [-0.2, -0.15) is 18.3 Å².